The Morgan fingerprint density at radius 3 is 2.88 bits per heavy atom. The van der Waals surface area contributed by atoms with E-state index < -0.39 is 29.8 Å². The van der Waals surface area contributed by atoms with E-state index >= 15 is 0 Å². The van der Waals surface area contributed by atoms with Gasteiger partial charge in [-0.3, -0.25) is 14.5 Å². The monoisotopic (exact) mass is 336 g/mol. The van der Waals surface area contributed by atoms with Crippen molar-refractivity contribution in [3.05, 3.63) is 12.7 Å². The standard InChI is InChI=1S/C17H24N2O5/c1-5-6-23-16(22)19-9-10(2)8-17(3)14(19)13-11(24-17)7-12(20)18(4)15(13)21/h5,10-11,13-14H,1,6-9H2,2-4H3/t10-,11?,13?,14?,17?/m1/s1. The highest BCUT2D eigenvalue weighted by Crippen LogP contribution is 2.48. The highest BCUT2D eigenvalue weighted by Gasteiger charge is 2.63. The highest BCUT2D eigenvalue weighted by molar-refractivity contribution is 6.00. The summed E-state index contributed by atoms with van der Waals surface area (Å²) in [7, 11) is 1.49. The van der Waals surface area contributed by atoms with Gasteiger partial charge in [-0.25, -0.2) is 4.79 Å². The molecular weight excluding hydrogens is 312 g/mol. The summed E-state index contributed by atoms with van der Waals surface area (Å²) >= 11 is 0. The predicted molar refractivity (Wildman–Crippen MR) is 85.0 cm³/mol. The van der Waals surface area contributed by atoms with Crippen molar-refractivity contribution in [2.75, 3.05) is 20.2 Å². The van der Waals surface area contributed by atoms with Gasteiger partial charge in [0.15, 0.2) is 0 Å². The summed E-state index contributed by atoms with van der Waals surface area (Å²) < 4.78 is 11.4. The lowest BCUT2D eigenvalue weighted by Gasteiger charge is -2.46. The van der Waals surface area contributed by atoms with Crippen molar-refractivity contribution >= 4 is 17.9 Å². The Kier molecular flexibility index (Phi) is 4.15. The van der Waals surface area contributed by atoms with Crippen LogP contribution in [0.1, 0.15) is 26.7 Å². The van der Waals surface area contributed by atoms with Crippen LogP contribution in [0.5, 0.6) is 0 Å². The van der Waals surface area contributed by atoms with E-state index in [2.05, 4.69) is 6.58 Å². The minimum atomic E-state index is -0.651. The molecule has 3 amide bonds. The molecule has 7 nitrogen and oxygen atoms in total. The molecule has 0 spiro atoms. The Morgan fingerprint density at radius 2 is 2.21 bits per heavy atom. The lowest BCUT2D eigenvalue weighted by Crippen LogP contribution is -2.62. The van der Waals surface area contributed by atoms with Gasteiger partial charge in [-0.15, -0.1) is 0 Å². The van der Waals surface area contributed by atoms with Crippen molar-refractivity contribution in [2.24, 2.45) is 11.8 Å². The molecule has 0 aromatic carbocycles. The largest absolute Gasteiger partial charge is 0.445 e. The lowest BCUT2D eigenvalue weighted by atomic mass is 9.75. The molecule has 0 aromatic rings. The Bertz CT molecular complexity index is 592. The second kappa shape index (κ2) is 5.88. The van der Waals surface area contributed by atoms with E-state index in [9.17, 15) is 14.4 Å². The molecule has 0 radical (unpaired) electrons. The Labute approximate surface area is 141 Å². The number of ether oxygens (including phenoxy) is 2. The van der Waals surface area contributed by atoms with Gasteiger partial charge in [0, 0.05) is 13.6 Å². The van der Waals surface area contributed by atoms with Gasteiger partial charge < -0.3 is 14.4 Å². The smallest absolute Gasteiger partial charge is 0.410 e. The molecule has 3 saturated heterocycles. The zero-order chi connectivity index (χ0) is 17.6. The molecule has 0 saturated carbocycles. The first kappa shape index (κ1) is 17.0. The van der Waals surface area contributed by atoms with Crippen molar-refractivity contribution in [3.8, 4) is 0 Å². The van der Waals surface area contributed by atoms with E-state index in [-0.39, 0.29) is 30.8 Å². The van der Waals surface area contributed by atoms with Crippen LogP contribution in [0.15, 0.2) is 12.7 Å². The Balaban J connectivity index is 1.95. The molecule has 4 unspecified atom stereocenters. The molecule has 3 heterocycles. The first-order valence-corrected chi connectivity index (χ1v) is 8.31. The first-order chi connectivity index (χ1) is 11.3. The predicted octanol–water partition coefficient (Wildman–Crippen LogP) is 1.18. The van der Waals surface area contributed by atoms with Crippen molar-refractivity contribution in [1.29, 1.82) is 0 Å². The quantitative estimate of drug-likeness (QED) is 0.559. The number of fused-ring (bicyclic) bond motifs is 3. The van der Waals surface area contributed by atoms with E-state index in [0.29, 0.717) is 6.54 Å². The zero-order valence-corrected chi connectivity index (χ0v) is 14.4. The number of hydrogen-bond acceptors (Lipinski definition) is 5. The molecule has 7 heteroatoms. The van der Waals surface area contributed by atoms with Crippen molar-refractivity contribution in [3.63, 3.8) is 0 Å². The van der Waals surface area contributed by atoms with Crippen molar-refractivity contribution < 1.29 is 23.9 Å². The summed E-state index contributed by atoms with van der Waals surface area (Å²) in [6.07, 6.45) is 1.48. The van der Waals surface area contributed by atoms with Crippen LogP contribution >= 0.6 is 0 Å². The summed E-state index contributed by atoms with van der Waals surface area (Å²) in [5.41, 5.74) is -0.651. The summed E-state index contributed by atoms with van der Waals surface area (Å²) in [5, 5.41) is 0. The van der Waals surface area contributed by atoms with Gasteiger partial charge in [-0.05, 0) is 19.3 Å². The molecule has 0 aliphatic carbocycles. The fourth-order valence-electron chi connectivity index (χ4n) is 4.49. The van der Waals surface area contributed by atoms with Crippen LogP contribution in [0.25, 0.3) is 0 Å². The third-order valence-corrected chi connectivity index (χ3v) is 5.31. The highest BCUT2D eigenvalue weighted by atomic mass is 16.6. The van der Waals surface area contributed by atoms with Crippen LogP contribution in [0.2, 0.25) is 0 Å². The molecule has 5 atom stereocenters. The summed E-state index contributed by atoms with van der Waals surface area (Å²) in [6.45, 7) is 8.15. The molecule has 3 aliphatic rings. The third kappa shape index (κ3) is 2.51. The second-order valence-corrected chi connectivity index (χ2v) is 7.26. The number of rotatable bonds is 2. The average molecular weight is 336 g/mol. The van der Waals surface area contributed by atoms with Crippen molar-refractivity contribution in [2.45, 2.75) is 44.4 Å². The second-order valence-electron chi connectivity index (χ2n) is 7.26. The first-order valence-electron chi connectivity index (χ1n) is 8.31. The van der Waals surface area contributed by atoms with Crippen LogP contribution in [-0.2, 0) is 19.1 Å². The topological polar surface area (TPSA) is 76.2 Å². The molecule has 0 bridgehead atoms. The van der Waals surface area contributed by atoms with Gasteiger partial charge >= 0.3 is 6.09 Å². The van der Waals surface area contributed by atoms with E-state index in [4.69, 9.17) is 9.47 Å². The number of hydrogen-bond donors (Lipinski definition) is 0. The minimum absolute atomic E-state index is 0.119. The third-order valence-electron chi connectivity index (χ3n) is 5.31. The molecule has 24 heavy (non-hydrogen) atoms. The number of nitrogens with zero attached hydrogens (tertiary/aromatic N) is 2. The van der Waals surface area contributed by atoms with E-state index in [1.807, 2.05) is 13.8 Å². The molecule has 132 valence electrons. The average Bonchev–Trinajstić information content (AvgIpc) is 2.80. The van der Waals surface area contributed by atoms with Gasteiger partial charge in [0.05, 0.1) is 30.1 Å². The Morgan fingerprint density at radius 1 is 1.50 bits per heavy atom. The molecule has 0 aromatic heterocycles. The van der Waals surface area contributed by atoms with Gasteiger partial charge in [0.2, 0.25) is 11.8 Å². The van der Waals surface area contributed by atoms with Gasteiger partial charge in [-0.2, -0.15) is 0 Å². The summed E-state index contributed by atoms with van der Waals surface area (Å²) in [4.78, 5) is 40.0. The van der Waals surface area contributed by atoms with Crippen LogP contribution < -0.4 is 0 Å². The fraction of sp³-hybridized carbons (Fsp3) is 0.706. The maximum absolute atomic E-state index is 12.7. The van der Waals surface area contributed by atoms with Crippen LogP contribution in [0.4, 0.5) is 4.79 Å². The Hall–Kier alpha value is -1.89. The van der Waals surface area contributed by atoms with E-state index in [0.717, 1.165) is 11.3 Å². The number of amides is 3. The lowest BCUT2D eigenvalue weighted by molar-refractivity contribution is -0.155. The van der Waals surface area contributed by atoms with Crippen LogP contribution in [0, 0.1) is 11.8 Å². The van der Waals surface area contributed by atoms with Gasteiger partial charge in [0.1, 0.15) is 6.61 Å². The molecule has 3 aliphatic heterocycles. The van der Waals surface area contributed by atoms with Crippen LogP contribution in [0.3, 0.4) is 0 Å². The summed E-state index contributed by atoms with van der Waals surface area (Å²) in [5.74, 6) is -0.828. The molecule has 3 fully saturated rings. The van der Waals surface area contributed by atoms with Crippen LogP contribution in [-0.4, -0.2) is 65.7 Å². The van der Waals surface area contributed by atoms with E-state index in [1.54, 1.807) is 4.90 Å². The maximum Gasteiger partial charge on any atom is 0.410 e. The maximum atomic E-state index is 12.7. The number of carbonyl (C=O) groups excluding carboxylic acids is 3. The number of carbonyl (C=O) groups is 3. The minimum Gasteiger partial charge on any atom is -0.445 e. The van der Waals surface area contributed by atoms with Gasteiger partial charge in [-0.1, -0.05) is 19.6 Å². The zero-order valence-electron chi connectivity index (χ0n) is 14.4. The molecular formula is C17H24N2O5. The molecule has 3 rings (SSSR count). The number of piperidine rings is 2. The normalized spacial score (nSPS) is 38.6. The number of likely N-dealkylation sites (tertiary alicyclic amines) is 2. The summed E-state index contributed by atoms with van der Waals surface area (Å²) in [6, 6.07) is -0.418. The number of imide groups is 1. The van der Waals surface area contributed by atoms with E-state index in [1.165, 1.54) is 13.1 Å². The SMILES string of the molecule is C=CCOC(=O)N1C[C@H](C)CC2(C)OC3CC(=O)N(C)C(=O)C3C12. The molecule has 0 N–H and O–H groups in total. The fourth-order valence-corrected chi connectivity index (χ4v) is 4.49. The van der Waals surface area contributed by atoms with Crippen molar-refractivity contribution in [1.82, 2.24) is 9.80 Å². The van der Waals surface area contributed by atoms with Gasteiger partial charge in [0.25, 0.3) is 0 Å².